The van der Waals surface area contributed by atoms with Gasteiger partial charge in [0.25, 0.3) is 5.91 Å². The van der Waals surface area contributed by atoms with Crippen molar-refractivity contribution in [2.45, 2.75) is 19.5 Å². The number of aromatic nitrogens is 1. The lowest BCUT2D eigenvalue weighted by Crippen LogP contribution is -2.52. The highest BCUT2D eigenvalue weighted by atomic mass is 19.1. The van der Waals surface area contributed by atoms with Gasteiger partial charge in [-0.3, -0.25) is 19.4 Å². The van der Waals surface area contributed by atoms with Gasteiger partial charge in [-0.1, -0.05) is 6.07 Å². The molecule has 1 aromatic carbocycles. The fraction of sp³-hybridized carbons (Fsp3) is 0.381. The molecular weight excluding hydrogens is 410 g/mol. The van der Waals surface area contributed by atoms with Gasteiger partial charge in [0.05, 0.1) is 12.2 Å². The van der Waals surface area contributed by atoms with Crippen molar-refractivity contribution in [3.63, 3.8) is 0 Å². The van der Waals surface area contributed by atoms with Crippen LogP contribution in [0.3, 0.4) is 0 Å². The maximum absolute atomic E-state index is 13.8. The monoisotopic (exact) mass is 434 g/mol. The Balaban J connectivity index is 1.87. The SMILES string of the molecule is CN(C)CCN1Cn2cc(C(=O)CCc3ccc(F)cc3F)c(=O)c(O)c2C(=O)N1C. The summed E-state index contributed by atoms with van der Waals surface area (Å²) in [5.41, 5.74) is -1.27. The van der Waals surface area contributed by atoms with E-state index in [2.05, 4.69) is 0 Å². The number of fused-ring (bicyclic) bond motifs is 1. The van der Waals surface area contributed by atoms with Crippen molar-refractivity contribution in [2.75, 3.05) is 34.2 Å². The van der Waals surface area contributed by atoms with Crippen molar-refractivity contribution in [1.29, 1.82) is 0 Å². The number of hydrogen-bond acceptors (Lipinski definition) is 6. The summed E-state index contributed by atoms with van der Waals surface area (Å²) in [5, 5.41) is 13.4. The molecule has 3 rings (SSSR count). The topological polar surface area (TPSA) is 86.1 Å². The van der Waals surface area contributed by atoms with Gasteiger partial charge in [0.1, 0.15) is 11.6 Å². The van der Waals surface area contributed by atoms with Crippen LogP contribution in [0.4, 0.5) is 8.78 Å². The van der Waals surface area contributed by atoms with Gasteiger partial charge in [-0.25, -0.2) is 8.78 Å². The number of carbonyl (C=O) groups excluding carboxylic acids is 2. The summed E-state index contributed by atoms with van der Waals surface area (Å²) in [5.74, 6) is -3.46. The largest absolute Gasteiger partial charge is 0.503 e. The Hall–Kier alpha value is -3.11. The van der Waals surface area contributed by atoms with Crippen molar-refractivity contribution in [3.8, 4) is 5.75 Å². The van der Waals surface area contributed by atoms with E-state index in [0.29, 0.717) is 13.1 Å². The average molecular weight is 434 g/mol. The number of rotatable bonds is 7. The van der Waals surface area contributed by atoms with Gasteiger partial charge in [0.2, 0.25) is 5.43 Å². The fourth-order valence-corrected chi connectivity index (χ4v) is 3.38. The Morgan fingerprint density at radius 1 is 1.23 bits per heavy atom. The number of hydrogen-bond donors (Lipinski definition) is 1. The molecule has 0 saturated carbocycles. The molecule has 2 aromatic rings. The van der Waals surface area contributed by atoms with Crippen LogP contribution in [0.2, 0.25) is 0 Å². The maximum Gasteiger partial charge on any atom is 0.288 e. The summed E-state index contributed by atoms with van der Waals surface area (Å²) in [7, 11) is 5.33. The van der Waals surface area contributed by atoms with Gasteiger partial charge in [-0.2, -0.15) is 5.01 Å². The summed E-state index contributed by atoms with van der Waals surface area (Å²) in [4.78, 5) is 39.9. The first-order valence-corrected chi connectivity index (χ1v) is 9.71. The zero-order valence-electron chi connectivity index (χ0n) is 17.6. The van der Waals surface area contributed by atoms with Crippen LogP contribution in [-0.2, 0) is 13.1 Å². The molecule has 1 amide bonds. The number of benzene rings is 1. The van der Waals surface area contributed by atoms with Crippen molar-refractivity contribution in [1.82, 2.24) is 19.5 Å². The number of pyridine rings is 1. The van der Waals surface area contributed by atoms with Crippen molar-refractivity contribution in [2.24, 2.45) is 0 Å². The van der Waals surface area contributed by atoms with Crippen LogP contribution in [0, 0.1) is 11.6 Å². The second-order valence-electron chi connectivity index (χ2n) is 7.70. The predicted molar refractivity (Wildman–Crippen MR) is 109 cm³/mol. The molecule has 1 aliphatic heterocycles. The van der Waals surface area contributed by atoms with E-state index in [0.717, 1.165) is 12.1 Å². The normalized spacial score (nSPS) is 14.3. The second kappa shape index (κ2) is 8.94. The van der Waals surface area contributed by atoms with Crippen molar-refractivity contribution in [3.05, 3.63) is 63.1 Å². The molecule has 0 atom stereocenters. The molecule has 1 aromatic heterocycles. The van der Waals surface area contributed by atoms with E-state index in [1.807, 2.05) is 19.0 Å². The van der Waals surface area contributed by atoms with Gasteiger partial charge < -0.3 is 14.6 Å². The van der Waals surface area contributed by atoms with E-state index in [1.54, 1.807) is 12.1 Å². The summed E-state index contributed by atoms with van der Waals surface area (Å²) < 4.78 is 28.2. The zero-order valence-corrected chi connectivity index (χ0v) is 17.6. The third-order valence-corrected chi connectivity index (χ3v) is 5.23. The average Bonchev–Trinajstić information content (AvgIpc) is 2.71. The summed E-state index contributed by atoms with van der Waals surface area (Å²) in [6.07, 6.45) is 1.01. The lowest BCUT2D eigenvalue weighted by molar-refractivity contribution is -0.0311. The Morgan fingerprint density at radius 3 is 2.58 bits per heavy atom. The third-order valence-electron chi connectivity index (χ3n) is 5.23. The Kier molecular flexibility index (Phi) is 6.51. The lowest BCUT2D eigenvalue weighted by Gasteiger charge is -2.38. The summed E-state index contributed by atoms with van der Waals surface area (Å²) >= 11 is 0. The Labute approximate surface area is 177 Å². The molecule has 8 nitrogen and oxygen atoms in total. The molecule has 1 N–H and O–H groups in total. The molecule has 0 bridgehead atoms. The van der Waals surface area contributed by atoms with E-state index < -0.39 is 34.5 Å². The van der Waals surface area contributed by atoms with Crippen LogP contribution in [-0.4, -0.2) is 70.5 Å². The van der Waals surface area contributed by atoms with Gasteiger partial charge in [0.15, 0.2) is 17.2 Å². The van der Waals surface area contributed by atoms with E-state index in [4.69, 9.17) is 0 Å². The smallest absolute Gasteiger partial charge is 0.288 e. The van der Waals surface area contributed by atoms with Crippen LogP contribution < -0.4 is 5.43 Å². The van der Waals surface area contributed by atoms with Crippen LogP contribution in [0.15, 0.2) is 29.2 Å². The number of aromatic hydroxyl groups is 1. The minimum Gasteiger partial charge on any atom is -0.503 e. The first-order valence-electron chi connectivity index (χ1n) is 9.71. The number of ketones is 1. The molecule has 0 radical (unpaired) electrons. The number of hydrazine groups is 1. The van der Waals surface area contributed by atoms with Crippen LogP contribution in [0.25, 0.3) is 0 Å². The lowest BCUT2D eigenvalue weighted by atomic mass is 10.0. The standard InChI is InChI=1S/C21H24F2N4O4/c1-24(2)8-9-27-12-26-11-15(19(29)20(30)18(26)21(31)25(27)3)17(28)7-5-13-4-6-14(22)10-16(13)23/h4,6,10-11,30H,5,7-9,12H2,1-3H3. The number of halogens is 2. The molecule has 10 heteroatoms. The molecule has 31 heavy (non-hydrogen) atoms. The second-order valence-corrected chi connectivity index (χ2v) is 7.70. The number of amides is 1. The minimum atomic E-state index is -0.945. The van der Waals surface area contributed by atoms with E-state index in [-0.39, 0.29) is 36.3 Å². The molecule has 0 unspecified atom stereocenters. The number of aryl methyl sites for hydroxylation is 1. The minimum absolute atomic E-state index is 0.0382. The number of Topliss-reactive ketones (excluding diaryl/α,β-unsaturated/α-hetero) is 1. The first kappa shape index (κ1) is 22.6. The van der Waals surface area contributed by atoms with Crippen LogP contribution in [0.5, 0.6) is 5.75 Å². The highest BCUT2D eigenvalue weighted by molar-refractivity contribution is 5.99. The van der Waals surface area contributed by atoms with Crippen molar-refractivity contribution >= 4 is 11.7 Å². The van der Waals surface area contributed by atoms with Crippen LogP contribution >= 0.6 is 0 Å². The molecule has 1 aliphatic rings. The van der Waals surface area contributed by atoms with Gasteiger partial charge in [-0.05, 0) is 32.1 Å². The molecule has 166 valence electrons. The van der Waals surface area contributed by atoms with Gasteiger partial charge >= 0.3 is 0 Å². The molecule has 0 saturated heterocycles. The third kappa shape index (κ3) is 4.64. The summed E-state index contributed by atoms with van der Waals surface area (Å²) in [6, 6.07) is 3.06. The number of nitrogens with zero attached hydrogens (tertiary/aromatic N) is 4. The molecule has 2 heterocycles. The molecule has 0 spiro atoms. The fourth-order valence-electron chi connectivity index (χ4n) is 3.38. The predicted octanol–water partition coefficient (Wildman–Crippen LogP) is 1.47. The van der Waals surface area contributed by atoms with Crippen molar-refractivity contribution < 1.29 is 23.5 Å². The molecular formula is C21H24F2N4O4. The maximum atomic E-state index is 13.8. The number of likely N-dealkylation sites (N-methyl/N-ethyl adjacent to an activating group) is 1. The summed E-state index contributed by atoms with van der Waals surface area (Å²) in [6.45, 7) is 1.33. The Bertz CT molecular complexity index is 1080. The quantitative estimate of drug-likeness (QED) is 0.665. The Morgan fingerprint density at radius 2 is 1.94 bits per heavy atom. The van der Waals surface area contributed by atoms with Gasteiger partial charge in [-0.15, -0.1) is 0 Å². The highest BCUT2D eigenvalue weighted by Gasteiger charge is 2.33. The first-order chi connectivity index (χ1) is 14.6. The zero-order chi connectivity index (χ0) is 22.9. The number of carbonyl (C=O) groups is 2. The van der Waals surface area contributed by atoms with Crippen LogP contribution in [0.1, 0.15) is 32.8 Å². The van der Waals surface area contributed by atoms with E-state index in [1.165, 1.54) is 21.8 Å². The highest BCUT2D eigenvalue weighted by Crippen LogP contribution is 2.22. The van der Waals surface area contributed by atoms with Gasteiger partial charge in [0, 0.05) is 38.8 Å². The molecule has 0 aliphatic carbocycles. The molecule has 0 fully saturated rings. The van der Waals surface area contributed by atoms with E-state index in [9.17, 15) is 28.3 Å². The van der Waals surface area contributed by atoms with E-state index >= 15 is 0 Å².